The SMILES string of the molecule is O[C@@H](c1c(C2CC2)ccc2cncn12)[C@H]1CC[C@H](c2cccc3ncccc32)CC1. The Morgan fingerprint density at radius 2 is 1.67 bits per heavy atom. The molecule has 4 heteroatoms. The molecular weight excluding hydrogens is 370 g/mol. The van der Waals surface area contributed by atoms with Crippen LogP contribution in [0.5, 0.6) is 0 Å². The molecule has 0 saturated heterocycles. The summed E-state index contributed by atoms with van der Waals surface area (Å²) in [6, 6.07) is 15.1. The van der Waals surface area contributed by atoms with Gasteiger partial charge < -0.3 is 9.51 Å². The summed E-state index contributed by atoms with van der Waals surface area (Å²) in [4.78, 5) is 8.86. The molecule has 0 spiro atoms. The molecule has 4 nitrogen and oxygen atoms in total. The molecule has 0 aliphatic heterocycles. The fraction of sp³-hybridized carbons (Fsp3) is 0.385. The van der Waals surface area contributed by atoms with E-state index < -0.39 is 6.10 Å². The third-order valence-electron chi connectivity index (χ3n) is 7.29. The van der Waals surface area contributed by atoms with Gasteiger partial charge in [0.05, 0.1) is 35.4 Å². The number of benzene rings is 1. The maximum Gasteiger partial charge on any atom is 0.0995 e. The van der Waals surface area contributed by atoms with E-state index in [2.05, 4.69) is 50.8 Å². The summed E-state index contributed by atoms with van der Waals surface area (Å²) in [5.74, 6) is 1.47. The quantitative estimate of drug-likeness (QED) is 0.476. The van der Waals surface area contributed by atoms with Crippen LogP contribution in [0.4, 0.5) is 0 Å². The van der Waals surface area contributed by atoms with Crippen molar-refractivity contribution in [1.29, 1.82) is 0 Å². The molecule has 0 amide bonds. The van der Waals surface area contributed by atoms with Crippen LogP contribution in [-0.2, 0) is 0 Å². The highest BCUT2D eigenvalue weighted by Crippen LogP contribution is 2.47. The van der Waals surface area contributed by atoms with Crippen molar-refractivity contribution in [2.24, 2.45) is 5.92 Å². The van der Waals surface area contributed by atoms with E-state index in [0.29, 0.717) is 17.8 Å². The summed E-state index contributed by atoms with van der Waals surface area (Å²) < 4.78 is 2.13. The highest BCUT2D eigenvalue weighted by atomic mass is 16.3. The molecule has 0 unspecified atom stereocenters. The normalized spacial score (nSPS) is 23.1. The molecule has 0 bridgehead atoms. The second-order valence-corrected chi connectivity index (χ2v) is 9.11. The number of rotatable bonds is 4. The van der Waals surface area contributed by atoms with E-state index in [9.17, 15) is 5.11 Å². The van der Waals surface area contributed by atoms with Crippen LogP contribution in [-0.4, -0.2) is 19.5 Å². The Hall–Kier alpha value is -2.72. The van der Waals surface area contributed by atoms with Gasteiger partial charge in [-0.15, -0.1) is 0 Å². The fourth-order valence-corrected chi connectivity index (χ4v) is 5.53. The maximum absolute atomic E-state index is 11.5. The molecule has 0 radical (unpaired) electrons. The first-order chi connectivity index (χ1) is 14.8. The first-order valence-corrected chi connectivity index (χ1v) is 11.3. The van der Waals surface area contributed by atoms with Gasteiger partial charge in [-0.3, -0.25) is 4.98 Å². The smallest absolute Gasteiger partial charge is 0.0995 e. The molecule has 2 fully saturated rings. The Kier molecular flexibility index (Phi) is 4.34. The third-order valence-corrected chi connectivity index (χ3v) is 7.29. The fourth-order valence-electron chi connectivity index (χ4n) is 5.53. The largest absolute Gasteiger partial charge is 0.387 e. The van der Waals surface area contributed by atoms with E-state index in [1.54, 1.807) is 0 Å². The Balaban J connectivity index is 1.27. The Morgan fingerprint density at radius 3 is 2.50 bits per heavy atom. The lowest BCUT2D eigenvalue weighted by Crippen LogP contribution is -2.22. The zero-order valence-electron chi connectivity index (χ0n) is 17.1. The summed E-state index contributed by atoms with van der Waals surface area (Å²) in [5, 5.41) is 12.8. The lowest BCUT2D eigenvalue weighted by molar-refractivity contribution is 0.0755. The van der Waals surface area contributed by atoms with Gasteiger partial charge in [-0.1, -0.05) is 24.3 Å². The predicted octanol–water partition coefficient (Wildman–Crippen LogP) is 5.77. The second kappa shape index (κ2) is 7.21. The van der Waals surface area contributed by atoms with Crippen molar-refractivity contribution >= 4 is 16.4 Å². The summed E-state index contributed by atoms with van der Waals surface area (Å²) >= 11 is 0. The van der Waals surface area contributed by atoms with Gasteiger partial charge in [-0.05, 0) is 85.6 Å². The predicted molar refractivity (Wildman–Crippen MR) is 119 cm³/mol. The zero-order valence-corrected chi connectivity index (χ0v) is 17.1. The average molecular weight is 398 g/mol. The molecule has 3 aromatic heterocycles. The molecule has 152 valence electrons. The minimum absolute atomic E-state index is 0.305. The summed E-state index contributed by atoms with van der Waals surface area (Å²) in [6.07, 6.45) is 12.0. The number of imidazole rings is 1. The van der Waals surface area contributed by atoms with Gasteiger partial charge in [0.2, 0.25) is 0 Å². The molecule has 2 aliphatic rings. The molecule has 4 aromatic rings. The van der Waals surface area contributed by atoms with E-state index in [-0.39, 0.29) is 0 Å². The lowest BCUT2D eigenvalue weighted by Gasteiger charge is -2.33. The van der Waals surface area contributed by atoms with Crippen LogP contribution in [0.2, 0.25) is 0 Å². The summed E-state index contributed by atoms with van der Waals surface area (Å²) in [5.41, 5.74) is 5.99. The van der Waals surface area contributed by atoms with Crippen molar-refractivity contribution in [3.05, 3.63) is 78.0 Å². The molecule has 1 aromatic carbocycles. The number of hydrogen-bond donors (Lipinski definition) is 1. The third kappa shape index (κ3) is 3.02. The number of fused-ring (bicyclic) bond motifs is 2. The Morgan fingerprint density at radius 1 is 0.867 bits per heavy atom. The van der Waals surface area contributed by atoms with Gasteiger partial charge in [0.1, 0.15) is 0 Å². The molecule has 6 rings (SSSR count). The molecule has 1 atom stereocenters. The van der Waals surface area contributed by atoms with Crippen LogP contribution < -0.4 is 0 Å². The van der Waals surface area contributed by atoms with Gasteiger partial charge in [0, 0.05) is 11.6 Å². The Bertz CT molecular complexity index is 1200. The standard InChI is InChI=1S/C26H27N3O/c30-26(25-22(18-6-7-18)13-12-20-15-27-16-29(20)25)19-10-8-17(9-11-19)21-3-1-5-24-23(21)4-2-14-28-24/h1-5,12-19,26,30H,6-11H2/t17-,19-,26-/m1/s1. The maximum atomic E-state index is 11.5. The van der Waals surface area contributed by atoms with Crippen LogP contribution in [0, 0.1) is 5.92 Å². The summed E-state index contributed by atoms with van der Waals surface area (Å²) in [7, 11) is 0. The van der Waals surface area contributed by atoms with E-state index in [1.165, 1.54) is 29.4 Å². The average Bonchev–Trinajstić information content (AvgIpc) is 3.54. The van der Waals surface area contributed by atoms with Crippen molar-refractivity contribution in [2.75, 3.05) is 0 Å². The van der Waals surface area contributed by atoms with Crippen molar-refractivity contribution in [2.45, 2.75) is 56.5 Å². The lowest BCUT2D eigenvalue weighted by atomic mass is 9.75. The second-order valence-electron chi connectivity index (χ2n) is 9.11. The van der Waals surface area contributed by atoms with Crippen LogP contribution >= 0.6 is 0 Å². The minimum atomic E-state index is -0.423. The number of hydrogen-bond acceptors (Lipinski definition) is 3. The number of aliphatic hydroxyl groups is 1. The van der Waals surface area contributed by atoms with E-state index in [1.807, 2.05) is 24.8 Å². The van der Waals surface area contributed by atoms with Gasteiger partial charge in [0.25, 0.3) is 0 Å². The first kappa shape index (κ1) is 18.1. The first-order valence-electron chi connectivity index (χ1n) is 11.3. The molecule has 2 aliphatic carbocycles. The van der Waals surface area contributed by atoms with Crippen molar-refractivity contribution < 1.29 is 5.11 Å². The highest BCUT2D eigenvalue weighted by molar-refractivity contribution is 5.82. The van der Waals surface area contributed by atoms with Crippen LogP contribution in [0.25, 0.3) is 16.4 Å². The van der Waals surface area contributed by atoms with E-state index in [0.717, 1.165) is 42.4 Å². The molecular formula is C26H27N3O. The molecule has 1 N–H and O–H groups in total. The van der Waals surface area contributed by atoms with Gasteiger partial charge in [0.15, 0.2) is 0 Å². The molecule has 30 heavy (non-hydrogen) atoms. The number of nitrogens with zero attached hydrogens (tertiary/aromatic N) is 3. The van der Waals surface area contributed by atoms with Crippen LogP contribution in [0.15, 0.2) is 61.2 Å². The zero-order chi connectivity index (χ0) is 20.1. The van der Waals surface area contributed by atoms with Gasteiger partial charge in [-0.2, -0.15) is 0 Å². The van der Waals surface area contributed by atoms with Gasteiger partial charge >= 0.3 is 0 Å². The number of pyridine rings is 2. The number of aliphatic hydroxyl groups excluding tert-OH is 1. The monoisotopic (exact) mass is 397 g/mol. The number of aromatic nitrogens is 3. The topological polar surface area (TPSA) is 50.4 Å². The van der Waals surface area contributed by atoms with E-state index in [4.69, 9.17) is 0 Å². The van der Waals surface area contributed by atoms with Crippen LogP contribution in [0.1, 0.15) is 73.3 Å². The minimum Gasteiger partial charge on any atom is -0.387 e. The van der Waals surface area contributed by atoms with E-state index >= 15 is 0 Å². The highest BCUT2D eigenvalue weighted by Gasteiger charge is 2.34. The molecule has 2 saturated carbocycles. The molecule has 3 heterocycles. The van der Waals surface area contributed by atoms with Gasteiger partial charge in [-0.25, -0.2) is 4.98 Å². The van der Waals surface area contributed by atoms with Crippen molar-refractivity contribution in [3.63, 3.8) is 0 Å². The van der Waals surface area contributed by atoms with Crippen LogP contribution in [0.3, 0.4) is 0 Å². The van der Waals surface area contributed by atoms with Crippen molar-refractivity contribution in [3.8, 4) is 0 Å². The Labute approximate surface area is 176 Å². The summed E-state index contributed by atoms with van der Waals surface area (Å²) in [6.45, 7) is 0. The van der Waals surface area contributed by atoms with Crippen molar-refractivity contribution in [1.82, 2.24) is 14.4 Å².